The second kappa shape index (κ2) is 5.86. The lowest BCUT2D eigenvalue weighted by atomic mass is 10.1. The zero-order chi connectivity index (χ0) is 13.8. The van der Waals surface area contributed by atoms with Crippen molar-refractivity contribution in [3.05, 3.63) is 58.1 Å². The van der Waals surface area contributed by atoms with Crippen molar-refractivity contribution in [2.24, 2.45) is 5.84 Å². The first-order valence-electron chi connectivity index (χ1n) is 5.75. The Hall–Kier alpha value is -1.85. The molecule has 98 valence electrons. The highest BCUT2D eigenvalue weighted by Gasteiger charge is 2.11. The first-order chi connectivity index (χ1) is 9.11. The molecule has 0 aliphatic rings. The van der Waals surface area contributed by atoms with Crippen molar-refractivity contribution in [3.63, 3.8) is 0 Å². The topological polar surface area (TPSA) is 67.2 Å². The molecule has 4 N–H and O–H groups in total. The first kappa shape index (κ1) is 13.6. The lowest BCUT2D eigenvalue weighted by Crippen LogP contribution is -2.17. The summed E-state index contributed by atoms with van der Waals surface area (Å²) in [7, 11) is 0. The molecule has 0 aromatic heterocycles. The van der Waals surface area contributed by atoms with Gasteiger partial charge in [-0.05, 0) is 36.8 Å². The van der Waals surface area contributed by atoms with Crippen LogP contribution in [0.3, 0.4) is 0 Å². The molecule has 4 nitrogen and oxygen atoms in total. The molecule has 0 aliphatic carbocycles. The quantitative estimate of drug-likeness (QED) is 0.600. The van der Waals surface area contributed by atoms with Crippen LogP contribution >= 0.6 is 15.9 Å². The number of anilines is 2. The largest absolute Gasteiger partial charge is 0.323 e. The maximum Gasteiger partial charge on any atom is 0.257 e. The summed E-state index contributed by atoms with van der Waals surface area (Å²) in [6.45, 7) is 1.94. The number of nitrogens with one attached hydrogen (secondary N) is 2. The Morgan fingerprint density at radius 1 is 1.16 bits per heavy atom. The average molecular weight is 320 g/mol. The average Bonchev–Trinajstić information content (AvgIpc) is 2.42. The maximum absolute atomic E-state index is 12.2. The molecule has 2 rings (SSSR count). The van der Waals surface area contributed by atoms with Crippen LogP contribution < -0.4 is 16.6 Å². The van der Waals surface area contributed by atoms with Crippen LogP contribution in [0.1, 0.15) is 15.9 Å². The van der Waals surface area contributed by atoms with Gasteiger partial charge in [0.2, 0.25) is 0 Å². The number of hydrogen-bond acceptors (Lipinski definition) is 3. The van der Waals surface area contributed by atoms with Gasteiger partial charge < -0.3 is 10.7 Å². The number of hydrazine groups is 1. The Labute approximate surface area is 120 Å². The molecule has 0 unspecified atom stereocenters. The van der Waals surface area contributed by atoms with Crippen molar-refractivity contribution in [1.29, 1.82) is 0 Å². The third-order valence-corrected chi connectivity index (χ3v) is 3.27. The van der Waals surface area contributed by atoms with Crippen molar-refractivity contribution in [3.8, 4) is 0 Å². The van der Waals surface area contributed by atoms with E-state index in [1.165, 1.54) is 0 Å². The van der Waals surface area contributed by atoms with E-state index in [9.17, 15) is 4.79 Å². The Kier molecular flexibility index (Phi) is 4.19. The fourth-order valence-electron chi connectivity index (χ4n) is 1.73. The van der Waals surface area contributed by atoms with Gasteiger partial charge in [-0.25, -0.2) is 0 Å². The third kappa shape index (κ3) is 3.13. The molecule has 5 heteroatoms. The molecular weight excluding hydrogens is 306 g/mol. The summed E-state index contributed by atoms with van der Waals surface area (Å²) < 4.78 is 0.915. The molecule has 1 amide bonds. The second-order valence-corrected chi connectivity index (χ2v) is 5.02. The van der Waals surface area contributed by atoms with Crippen molar-refractivity contribution in [2.45, 2.75) is 6.92 Å². The molecule has 2 aromatic rings. The molecule has 0 aliphatic heterocycles. The second-order valence-electron chi connectivity index (χ2n) is 4.10. The van der Waals surface area contributed by atoms with Gasteiger partial charge in [0.25, 0.3) is 5.91 Å². The Bertz CT molecular complexity index is 613. The summed E-state index contributed by atoms with van der Waals surface area (Å²) in [5.41, 5.74) is 5.38. The monoisotopic (exact) mass is 319 g/mol. The summed E-state index contributed by atoms with van der Waals surface area (Å²) in [4.78, 5) is 12.2. The smallest absolute Gasteiger partial charge is 0.257 e. The number of rotatable bonds is 3. The van der Waals surface area contributed by atoms with E-state index in [2.05, 4.69) is 26.7 Å². The zero-order valence-electron chi connectivity index (χ0n) is 10.4. The van der Waals surface area contributed by atoms with Crippen LogP contribution in [0.2, 0.25) is 0 Å². The van der Waals surface area contributed by atoms with Gasteiger partial charge in [-0.15, -0.1) is 0 Å². The minimum absolute atomic E-state index is 0.199. The number of halogens is 1. The Balaban J connectivity index is 2.28. The predicted molar refractivity (Wildman–Crippen MR) is 81.1 cm³/mol. The molecule has 0 heterocycles. The van der Waals surface area contributed by atoms with E-state index in [1.54, 1.807) is 18.2 Å². The van der Waals surface area contributed by atoms with Crippen LogP contribution in [0.5, 0.6) is 0 Å². The lowest BCUT2D eigenvalue weighted by Gasteiger charge is -2.11. The summed E-state index contributed by atoms with van der Waals surface area (Å²) in [5.74, 6) is 5.20. The summed E-state index contributed by atoms with van der Waals surface area (Å²) in [5, 5.41) is 2.88. The molecule has 0 fully saturated rings. The number of carbonyl (C=O) groups is 1. The lowest BCUT2D eigenvalue weighted by molar-refractivity contribution is 0.102. The molecule has 0 saturated heterocycles. The SMILES string of the molecule is Cc1ccc(Br)cc1NC(=O)c1ccccc1NN. The Morgan fingerprint density at radius 2 is 1.89 bits per heavy atom. The molecule has 0 radical (unpaired) electrons. The molecule has 0 bridgehead atoms. The fourth-order valence-corrected chi connectivity index (χ4v) is 2.09. The van der Waals surface area contributed by atoms with Crippen LogP contribution in [0.15, 0.2) is 46.9 Å². The minimum atomic E-state index is -0.199. The number of amides is 1. The van der Waals surface area contributed by atoms with Crippen LogP contribution in [0, 0.1) is 6.92 Å². The van der Waals surface area contributed by atoms with Gasteiger partial charge in [-0.1, -0.05) is 34.1 Å². The molecule has 2 aromatic carbocycles. The number of nitrogen functional groups attached to an aromatic ring is 1. The van der Waals surface area contributed by atoms with E-state index in [0.717, 1.165) is 15.7 Å². The fraction of sp³-hybridized carbons (Fsp3) is 0.0714. The minimum Gasteiger partial charge on any atom is -0.323 e. The molecule has 0 atom stereocenters. The molecule has 0 saturated carbocycles. The highest BCUT2D eigenvalue weighted by atomic mass is 79.9. The van der Waals surface area contributed by atoms with E-state index in [0.29, 0.717) is 11.3 Å². The maximum atomic E-state index is 12.2. The zero-order valence-corrected chi connectivity index (χ0v) is 12.0. The number of para-hydroxylation sites is 1. The molecular formula is C14H14BrN3O. The van der Waals surface area contributed by atoms with Crippen molar-refractivity contribution < 1.29 is 4.79 Å². The first-order valence-corrected chi connectivity index (χ1v) is 6.54. The molecule has 19 heavy (non-hydrogen) atoms. The normalized spacial score (nSPS) is 10.1. The van der Waals surface area contributed by atoms with E-state index < -0.39 is 0 Å². The molecule has 0 spiro atoms. The van der Waals surface area contributed by atoms with E-state index in [1.807, 2.05) is 31.2 Å². The van der Waals surface area contributed by atoms with Gasteiger partial charge in [-0.2, -0.15) is 0 Å². The van der Waals surface area contributed by atoms with Crippen LogP contribution in [0.4, 0.5) is 11.4 Å². The van der Waals surface area contributed by atoms with Crippen LogP contribution in [-0.2, 0) is 0 Å². The van der Waals surface area contributed by atoms with Gasteiger partial charge in [0, 0.05) is 10.2 Å². The van der Waals surface area contributed by atoms with Crippen molar-refractivity contribution in [2.75, 3.05) is 10.7 Å². The van der Waals surface area contributed by atoms with E-state index >= 15 is 0 Å². The number of carbonyl (C=O) groups excluding carboxylic acids is 1. The Morgan fingerprint density at radius 3 is 2.63 bits per heavy atom. The number of nitrogens with two attached hydrogens (primary N) is 1. The van der Waals surface area contributed by atoms with Gasteiger partial charge in [0.05, 0.1) is 11.3 Å². The number of aryl methyl sites for hydroxylation is 1. The summed E-state index contributed by atoms with van der Waals surface area (Å²) >= 11 is 3.39. The van der Waals surface area contributed by atoms with Gasteiger partial charge in [-0.3, -0.25) is 10.6 Å². The van der Waals surface area contributed by atoms with E-state index in [-0.39, 0.29) is 5.91 Å². The standard InChI is InChI=1S/C14H14BrN3O/c1-9-6-7-10(15)8-13(9)17-14(19)11-4-2-3-5-12(11)18-16/h2-8,18H,16H2,1H3,(H,17,19). The van der Waals surface area contributed by atoms with Gasteiger partial charge in [0.15, 0.2) is 0 Å². The van der Waals surface area contributed by atoms with Crippen molar-refractivity contribution in [1.82, 2.24) is 0 Å². The van der Waals surface area contributed by atoms with Gasteiger partial charge in [0.1, 0.15) is 0 Å². The third-order valence-electron chi connectivity index (χ3n) is 2.78. The summed E-state index contributed by atoms with van der Waals surface area (Å²) in [6, 6.07) is 12.8. The van der Waals surface area contributed by atoms with E-state index in [4.69, 9.17) is 5.84 Å². The number of hydrogen-bond donors (Lipinski definition) is 3. The highest BCUT2D eigenvalue weighted by molar-refractivity contribution is 9.10. The predicted octanol–water partition coefficient (Wildman–Crippen LogP) is 3.30. The summed E-state index contributed by atoms with van der Waals surface area (Å²) in [6.07, 6.45) is 0. The van der Waals surface area contributed by atoms with Crippen LogP contribution in [-0.4, -0.2) is 5.91 Å². The van der Waals surface area contributed by atoms with Crippen molar-refractivity contribution >= 4 is 33.2 Å². The van der Waals surface area contributed by atoms with Crippen LogP contribution in [0.25, 0.3) is 0 Å². The highest BCUT2D eigenvalue weighted by Crippen LogP contribution is 2.22. The number of benzene rings is 2. The van der Waals surface area contributed by atoms with Gasteiger partial charge >= 0.3 is 0 Å².